The van der Waals surface area contributed by atoms with E-state index in [0.717, 1.165) is 16.7 Å². The molecule has 0 bridgehead atoms. The van der Waals surface area contributed by atoms with Crippen molar-refractivity contribution in [3.05, 3.63) is 110 Å². The number of hydrogen-bond acceptors (Lipinski definition) is 6. The molecule has 0 saturated carbocycles. The molecule has 1 aliphatic rings. The number of imide groups is 1. The fourth-order valence-electron chi connectivity index (χ4n) is 3.23. The van der Waals surface area contributed by atoms with Crippen molar-refractivity contribution in [1.82, 2.24) is 4.90 Å². The van der Waals surface area contributed by atoms with Crippen LogP contribution < -0.4 is 4.74 Å². The molecule has 1 aliphatic heterocycles. The van der Waals surface area contributed by atoms with Gasteiger partial charge in [0, 0.05) is 6.07 Å². The van der Waals surface area contributed by atoms with E-state index in [1.807, 2.05) is 0 Å². The van der Waals surface area contributed by atoms with E-state index in [1.54, 1.807) is 48.5 Å². The molecule has 9 heteroatoms. The summed E-state index contributed by atoms with van der Waals surface area (Å²) in [6.07, 6.45) is 1.59. The second kappa shape index (κ2) is 9.66. The van der Waals surface area contributed by atoms with Gasteiger partial charge in [0.1, 0.15) is 18.2 Å². The molecule has 1 heterocycles. The number of carbonyl (C=O) groups excluding carboxylic acids is 2. The fourth-order valence-corrected chi connectivity index (χ4v) is 4.06. The van der Waals surface area contributed by atoms with E-state index in [-0.39, 0.29) is 23.7 Å². The first-order chi connectivity index (χ1) is 15.9. The lowest BCUT2D eigenvalue weighted by atomic mass is 10.1. The number of ether oxygens (including phenoxy) is 1. The molecule has 0 spiro atoms. The zero-order valence-electron chi connectivity index (χ0n) is 17.1. The summed E-state index contributed by atoms with van der Waals surface area (Å²) in [5.74, 6) is -0.357. The van der Waals surface area contributed by atoms with E-state index in [4.69, 9.17) is 4.74 Å². The van der Waals surface area contributed by atoms with Crippen molar-refractivity contribution in [2.45, 2.75) is 13.2 Å². The van der Waals surface area contributed by atoms with Gasteiger partial charge in [0.15, 0.2) is 0 Å². The maximum atomic E-state index is 13.1. The number of halogens is 1. The molecule has 3 aromatic rings. The minimum Gasteiger partial charge on any atom is -0.489 e. The third-order valence-corrected chi connectivity index (χ3v) is 5.77. The summed E-state index contributed by atoms with van der Waals surface area (Å²) in [7, 11) is 0. The highest BCUT2D eigenvalue weighted by molar-refractivity contribution is 8.18. The first-order valence-electron chi connectivity index (χ1n) is 9.86. The van der Waals surface area contributed by atoms with E-state index in [1.165, 1.54) is 30.3 Å². The average Bonchev–Trinajstić information content (AvgIpc) is 3.06. The first-order valence-corrected chi connectivity index (χ1v) is 10.7. The number of nitro groups is 1. The molecule has 0 unspecified atom stereocenters. The van der Waals surface area contributed by atoms with Gasteiger partial charge in [-0.25, -0.2) is 4.39 Å². The lowest BCUT2D eigenvalue weighted by Gasteiger charge is -2.12. The largest absolute Gasteiger partial charge is 0.489 e. The highest BCUT2D eigenvalue weighted by Gasteiger charge is 2.35. The topological polar surface area (TPSA) is 89.7 Å². The number of carbonyl (C=O) groups is 2. The predicted molar refractivity (Wildman–Crippen MR) is 122 cm³/mol. The summed E-state index contributed by atoms with van der Waals surface area (Å²) in [4.78, 5) is 37.1. The smallest absolute Gasteiger partial charge is 0.293 e. The highest BCUT2D eigenvalue weighted by atomic mass is 32.2. The second-order valence-corrected chi connectivity index (χ2v) is 8.13. The van der Waals surface area contributed by atoms with Crippen molar-refractivity contribution < 1.29 is 23.6 Å². The highest BCUT2D eigenvalue weighted by Crippen LogP contribution is 2.34. The molecule has 2 amide bonds. The molecule has 0 atom stereocenters. The van der Waals surface area contributed by atoms with Gasteiger partial charge in [-0.05, 0) is 59.3 Å². The molecule has 3 aromatic carbocycles. The summed E-state index contributed by atoms with van der Waals surface area (Å²) >= 11 is 0.829. The molecule has 0 N–H and O–H groups in total. The summed E-state index contributed by atoms with van der Waals surface area (Å²) in [6, 6.07) is 18.8. The Labute approximate surface area is 192 Å². The zero-order valence-corrected chi connectivity index (χ0v) is 18.0. The third-order valence-electron chi connectivity index (χ3n) is 4.87. The maximum absolute atomic E-state index is 13.1. The monoisotopic (exact) mass is 464 g/mol. The number of para-hydroxylation sites is 1. The summed E-state index contributed by atoms with van der Waals surface area (Å²) < 4.78 is 18.8. The lowest BCUT2D eigenvalue weighted by Crippen LogP contribution is -2.27. The molecular weight excluding hydrogens is 447 g/mol. The number of nitro benzene ring substituents is 1. The van der Waals surface area contributed by atoms with E-state index in [0.29, 0.717) is 22.4 Å². The van der Waals surface area contributed by atoms with Crippen molar-refractivity contribution in [2.75, 3.05) is 0 Å². The van der Waals surface area contributed by atoms with Gasteiger partial charge in [0.2, 0.25) is 0 Å². The lowest BCUT2D eigenvalue weighted by molar-refractivity contribution is -0.385. The molecule has 166 valence electrons. The van der Waals surface area contributed by atoms with Crippen LogP contribution in [0.15, 0.2) is 77.7 Å². The van der Waals surface area contributed by atoms with Gasteiger partial charge in [-0.2, -0.15) is 0 Å². The Morgan fingerprint density at radius 1 is 1.03 bits per heavy atom. The van der Waals surface area contributed by atoms with Crippen LogP contribution in [0.5, 0.6) is 5.75 Å². The van der Waals surface area contributed by atoms with E-state index >= 15 is 0 Å². The van der Waals surface area contributed by atoms with Crippen LogP contribution in [-0.4, -0.2) is 21.0 Å². The maximum Gasteiger partial charge on any atom is 0.293 e. The minimum absolute atomic E-state index is 0.00872. The van der Waals surface area contributed by atoms with Gasteiger partial charge >= 0.3 is 0 Å². The number of nitrogens with zero attached hydrogens (tertiary/aromatic N) is 2. The fraction of sp³-hybridized carbons (Fsp3) is 0.0833. The van der Waals surface area contributed by atoms with E-state index < -0.39 is 21.9 Å². The average molecular weight is 464 g/mol. The Hall–Kier alpha value is -3.98. The summed E-state index contributed by atoms with van der Waals surface area (Å²) in [5, 5.41) is 10.8. The molecule has 33 heavy (non-hydrogen) atoms. The van der Waals surface area contributed by atoms with Crippen molar-refractivity contribution in [2.24, 2.45) is 0 Å². The van der Waals surface area contributed by atoms with Gasteiger partial charge in [-0.3, -0.25) is 24.6 Å². The Kier molecular flexibility index (Phi) is 6.50. The number of benzene rings is 3. The van der Waals surface area contributed by atoms with Crippen LogP contribution in [0.4, 0.5) is 14.9 Å². The van der Waals surface area contributed by atoms with Crippen LogP contribution in [0.2, 0.25) is 0 Å². The standard InChI is InChI=1S/C24H17FN2O5S/c25-19-10-8-16(9-11-19)14-26-23(28)22(33-24(26)29)13-17-4-3-6-20(12-17)32-15-18-5-1-2-7-21(18)27(30)31/h1-13H,14-15H2/b22-13-. The summed E-state index contributed by atoms with van der Waals surface area (Å²) in [6.45, 7) is 0.0656. The predicted octanol–water partition coefficient (Wildman–Crippen LogP) is 5.55. The van der Waals surface area contributed by atoms with Gasteiger partial charge in [0.05, 0.1) is 21.9 Å². The quantitative estimate of drug-likeness (QED) is 0.259. The van der Waals surface area contributed by atoms with Crippen molar-refractivity contribution >= 4 is 34.7 Å². The van der Waals surface area contributed by atoms with Crippen LogP contribution in [0.3, 0.4) is 0 Å². The molecule has 1 saturated heterocycles. The van der Waals surface area contributed by atoms with Crippen molar-refractivity contribution in [3.63, 3.8) is 0 Å². The molecule has 0 aliphatic carbocycles. The van der Waals surface area contributed by atoms with E-state index in [2.05, 4.69) is 0 Å². The molecular formula is C24H17FN2O5S. The Morgan fingerprint density at radius 2 is 1.79 bits per heavy atom. The number of hydrogen-bond donors (Lipinski definition) is 0. The zero-order chi connectivity index (χ0) is 23.4. The second-order valence-electron chi connectivity index (χ2n) is 7.14. The van der Waals surface area contributed by atoms with Crippen LogP contribution in [0.1, 0.15) is 16.7 Å². The third kappa shape index (κ3) is 5.27. The van der Waals surface area contributed by atoms with Crippen LogP contribution in [0.25, 0.3) is 6.08 Å². The van der Waals surface area contributed by atoms with Gasteiger partial charge in [-0.15, -0.1) is 0 Å². The van der Waals surface area contributed by atoms with Crippen LogP contribution in [-0.2, 0) is 17.9 Å². The number of thioether (sulfide) groups is 1. The van der Waals surface area contributed by atoms with E-state index in [9.17, 15) is 24.1 Å². The molecule has 7 nitrogen and oxygen atoms in total. The van der Waals surface area contributed by atoms with Crippen molar-refractivity contribution in [1.29, 1.82) is 0 Å². The first kappa shape index (κ1) is 22.2. The number of rotatable bonds is 7. The Morgan fingerprint density at radius 3 is 2.55 bits per heavy atom. The van der Waals surface area contributed by atoms with Crippen molar-refractivity contribution in [3.8, 4) is 5.75 Å². The number of amides is 2. The summed E-state index contributed by atoms with van der Waals surface area (Å²) in [5.41, 5.74) is 1.70. The van der Waals surface area contributed by atoms with Gasteiger partial charge in [0.25, 0.3) is 16.8 Å². The normalized spacial score (nSPS) is 14.7. The SMILES string of the molecule is O=C1S/C(=C\c2cccc(OCc3ccccc3[N+](=O)[O-])c2)C(=O)N1Cc1ccc(F)cc1. The molecule has 0 aromatic heterocycles. The van der Waals surface area contributed by atoms with Crippen LogP contribution >= 0.6 is 11.8 Å². The molecule has 1 fully saturated rings. The Bertz CT molecular complexity index is 1260. The Balaban J connectivity index is 1.47. The van der Waals surface area contributed by atoms with Crippen LogP contribution in [0, 0.1) is 15.9 Å². The van der Waals surface area contributed by atoms with Gasteiger partial charge in [-0.1, -0.05) is 36.4 Å². The molecule has 4 rings (SSSR count). The minimum atomic E-state index is -0.461. The molecule has 0 radical (unpaired) electrons. The van der Waals surface area contributed by atoms with Gasteiger partial charge < -0.3 is 4.74 Å².